The molecule has 8 heteroatoms. The minimum atomic E-state index is -4.53. The second-order valence-corrected chi connectivity index (χ2v) is 6.13. The molecule has 0 spiro atoms. The number of hydrogen-bond acceptors (Lipinski definition) is 3. The minimum Gasteiger partial charge on any atom is -0.470 e. The zero-order chi connectivity index (χ0) is 18.0. The number of nitrogens with zero attached hydrogens (tertiary/aromatic N) is 2. The molecule has 1 aromatic heterocycles. The molecule has 4 nitrogen and oxygen atoms in total. The predicted octanol–water partition coefficient (Wildman–Crippen LogP) is 3.59. The van der Waals surface area contributed by atoms with Crippen molar-refractivity contribution in [2.45, 2.75) is 18.7 Å². The number of amides is 1. The van der Waals surface area contributed by atoms with Crippen LogP contribution in [0.2, 0.25) is 5.02 Å². The van der Waals surface area contributed by atoms with E-state index in [0.717, 1.165) is 11.6 Å². The summed E-state index contributed by atoms with van der Waals surface area (Å²) in [7, 11) is 0. The number of carbonyl (C=O) groups excluding carboxylic acids is 1. The quantitative estimate of drug-likeness (QED) is 0.826. The third kappa shape index (κ3) is 4.22. The molecule has 2 heterocycles. The van der Waals surface area contributed by atoms with Crippen LogP contribution in [-0.2, 0) is 17.4 Å². The number of pyridine rings is 1. The average molecular weight is 371 g/mol. The molecule has 0 N–H and O–H groups in total. The number of alkyl halides is 3. The van der Waals surface area contributed by atoms with Gasteiger partial charge in [0.2, 0.25) is 11.8 Å². The molecule has 0 saturated carbocycles. The third-order valence-electron chi connectivity index (χ3n) is 3.82. The number of ether oxygens (including phenoxy) is 1. The Balaban J connectivity index is 1.55. The van der Waals surface area contributed by atoms with E-state index in [1.54, 1.807) is 24.3 Å². The van der Waals surface area contributed by atoms with Crippen LogP contribution in [0.3, 0.4) is 0 Å². The summed E-state index contributed by atoms with van der Waals surface area (Å²) in [5.74, 6) is -0.566. The summed E-state index contributed by atoms with van der Waals surface area (Å²) in [5, 5.41) is 0.587. The Bertz CT molecular complexity index is 759. The molecule has 1 fully saturated rings. The summed E-state index contributed by atoms with van der Waals surface area (Å²) < 4.78 is 44.0. The smallest absolute Gasteiger partial charge is 0.421 e. The number of hydrogen-bond donors (Lipinski definition) is 0. The second-order valence-electron chi connectivity index (χ2n) is 5.70. The molecule has 1 amide bonds. The van der Waals surface area contributed by atoms with E-state index >= 15 is 0 Å². The van der Waals surface area contributed by atoms with Crippen LogP contribution in [0.4, 0.5) is 13.2 Å². The van der Waals surface area contributed by atoms with Crippen molar-refractivity contribution < 1.29 is 22.7 Å². The fourth-order valence-electron chi connectivity index (χ4n) is 2.46. The first kappa shape index (κ1) is 17.5. The summed E-state index contributed by atoms with van der Waals surface area (Å²) in [6, 6.07) is 9.05. The molecule has 1 saturated heterocycles. The van der Waals surface area contributed by atoms with E-state index in [0.29, 0.717) is 5.02 Å². The first-order valence-corrected chi connectivity index (χ1v) is 7.92. The molecule has 0 aliphatic carbocycles. The van der Waals surface area contributed by atoms with Crippen LogP contribution in [0.5, 0.6) is 5.88 Å². The Hall–Kier alpha value is -2.28. The predicted molar refractivity (Wildman–Crippen MR) is 85.4 cm³/mol. The van der Waals surface area contributed by atoms with Gasteiger partial charge >= 0.3 is 6.18 Å². The Morgan fingerprint density at radius 3 is 2.56 bits per heavy atom. The molecule has 0 radical (unpaired) electrons. The van der Waals surface area contributed by atoms with Crippen LogP contribution in [0.25, 0.3) is 0 Å². The maximum atomic E-state index is 12.9. The van der Waals surface area contributed by atoms with E-state index in [4.69, 9.17) is 16.3 Å². The molecule has 0 atom stereocenters. The maximum absolute atomic E-state index is 12.9. The van der Waals surface area contributed by atoms with Crippen molar-refractivity contribution >= 4 is 17.5 Å². The molecular weight excluding hydrogens is 357 g/mol. The molecule has 25 heavy (non-hydrogen) atoms. The molecule has 2 aromatic rings. The van der Waals surface area contributed by atoms with Gasteiger partial charge in [-0.3, -0.25) is 4.79 Å². The van der Waals surface area contributed by atoms with Crippen LogP contribution < -0.4 is 4.74 Å². The third-order valence-corrected chi connectivity index (χ3v) is 4.08. The highest BCUT2D eigenvalue weighted by Gasteiger charge is 2.38. The van der Waals surface area contributed by atoms with Crippen molar-refractivity contribution in [2.24, 2.45) is 0 Å². The molecule has 0 unspecified atom stereocenters. The summed E-state index contributed by atoms with van der Waals surface area (Å²) in [6.07, 6.45) is -3.57. The number of halogens is 4. The molecule has 1 aliphatic heterocycles. The SMILES string of the molecule is O=C(Cc1ccc(Cl)cc1)N1CC(Oc2ncccc2C(F)(F)F)C1. The van der Waals surface area contributed by atoms with E-state index in [1.165, 1.54) is 17.2 Å². The largest absolute Gasteiger partial charge is 0.470 e. The molecule has 3 rings (SSSR count). The van der Waals surface area contributed by atoms with Gasteiger partial charge < -0.3 is 9.64 Å². The van der Waals surface area contributed by atoms with Crippen molar-refractivity contribution in [3.05, 3.63) is 58.7 Å². The van der Waals surface area contributed by atoms with Crippen molar-refractivity contribution in [1.82, 2.24) is 9.88 Å². The van der Waals surface area contributed by atoms with Crippen LogP contribution in [0.15, 0.2) is 42.6 Å². The lowest BCUT2D eigenvalue weighted by Crippen LogP contribution is -2.56. The zero-order valence-electron chi connectivity index (χ0n) is 13.0. The van der Waals surface area contributed by atoms with E-state index in [2.05, 4.69) is 4.98 Å². The first-order chi connectivity index (χ1) is 11.8. The van der Waals surface area contributed by atoms with Gasteiger partial charge in [0.25, 0.3) is 0 Å². The Morgan fingerprint density at radius 1 is 1.24 bits per heavy atom. The van der Waals surface area contributed by atoms with Crippen molar-refractivity contribution in [1.29, 1.82) is 0 Å². The fourth-order valence-corrected chi connectivity index (χ4v) is 2.59. The summed E-state index contributed by atoms with van der Waals surface area (Å²) >= 11 is 5.79. The van der Waals surface area contributed by atoms with Gasteiger partial charge in [0, 0.05) is 11.2 Å². The summed E-state index contributed by atoms with van der Waals surface area (Å²) in [4.78, 5) is 17.3. The highest BCUT2D eigenvalue weighted by atomic mass is 35.5. The Morgan fingerprint density at radius 2 is 1.92 bits per heavy atom. The van der Waals surface area contributed by atoms with Gasteiger partial charge in [-0.25, -0.2) is 4.98 Å². The van der Waals surface area contributed by atoms with E-state index in [9.17, 15) is 18.0 Å². The van der Waals surface area contributed by atoms with Crippen LogP contribution >= 0.6 is 11.6 Å². The van der Waals surface area contributed by atoms with Gasteiger partial charge in [0.15, 0.2) is 0 Å². The number of benzene rings is 1. The minimum absolute atomic E-state index is 0.112. The topological polar surface area (TPSA) is 42.4 Å². The molecular formula is C17H14ClF3N2O2. The Kier molecular flexibility index (Phi) is 4.85. The lowest BCUT2D eigenvalue weighted by atomic mass is 10.1. The van der Waals surface area contributed by atoms with Crippen molar-refractivity contribution in [2.75, 3.05) is 13.1 Å². The monoisotopic (exact) mass is 370 g/mol. The maximum Gasteiger partial charge on any atom is 0.421 e. The Labute approximate surface area is 147 Å². The average Bonchev–Trinajstić information content (AvgIpc) is 2.52. The van der Waals surface area contributed by atoms with E-state index in [-0.39, 0.29) is 25.4 Å². The normalized spacial score (nSPS) is 15.0. The number of aromatic nitrogens is 1. The van der Waals surface area contributed by atoms with Crippen molar-refractivity contribution in [3.63, 3.8) is 0 Å². The lowest BCUT2D eigenvalue weighted by molar-refractivity contribution is -0.144. The van der Waals surface area contributed by atoms with Gasteiger partial charge in [-0.15, -0.1) is 0 Å². The standard InChI is InChI=1S/C17H14ClF3N2O2/c18-12-5-3-11(4-6-12)8-15(24)23-9-13(10-23)25-16-14(17(19,20)21)2-1-7-22-16/h1-7,13H,8-10H2. The number of carbonyl (C=O) groups is 1. The van der Waals surface area contributed by atoms with Gasteiger partial charge in [-0.1, -0.05) is 23.7 Å². The lowest BCUT2D eigenvalue weighted by Gasteiger charge is -2.39. The van der Waals surface area contributed by atoms with Crippen LogP contribution in [0, 0.1) is 0 Å². The van der Waals surface area contributed by atoms with Gasteiger partial charge in [0.1, 0.15) is 11.7 Å². The highest BCUT2D eigenvalue weighted by molar-refractivity contribution is 6.30. The van der Waals surface area contributed by atoms with Crippen LogP contribution in [-0.4, -0.2) is 35.0 Å². The number of rotatable bonds is 4. The summed E-state index contributed by atoms with van der Waals surface area (Å²) in [6.45, 7) is 0.473. The zero-order valence-corrected chi connectivity index (χ0v) is 13.7. The van der Waals surface area contributed by atoms with E-state index < -0.39 is 23.7 Å². The summed E-state index contributed by atoms with van der Waals surface area (Å²) in [5.41, 5.74) is -0.0937. The van der Waals surface area contributed by atoms with Gasteiger partial charge in [-0.2, -0.15) is 13.2 Å². The van der Waals surface area contributed by atoms with Gasteiger partial charge in [0.05, 0.1) is 19.5 Å². The molecule has 132 valence electrons. The van der Waals surface area contributed by atoms with Gasteiger partial charge in [-0.05, 0) is 29.8 Å². The first-order valence-electron chi connectivity index (χ1n) is 7.54. The second kappa shape index (κ2) is 6.92. The number of likely N-dealkylation sites (tertiary alicyclic amines) is 1. The molecule has 1 aromatic carbocycles. The molecule has 0 bridgehead atoms. The van der Waals surface area contributed by atoms with Crippen molar-refractivity contribution in [3.8, 4) is 5.88 Å². The van der Waals surface area contributed by atoms with Crippen LogP contribution in [0.1, 0.15) is 11.1 Å². The highest BCUT2D eigenvalue weighted by Crippen LogP contribution is 2.35. The molecule has 1 aliphatic rings. The fraction of sp³-hybridized carbons (Fsp3) is 0.294. The van der Waals surface area contributed by atoms with E-state index in [1.807, 2.05) is 0 Å².